The number of hydrogen-bond acceptors (Lipinski definition) is 10. The molecule has 2 saturated heterocycles. The normalized spacial score (nSPS) is 28.3. The van der Waals surface area contributed by atoms with Gasteiger partial charge in [0, 0.05) is 36.8 Å². The topological polar surface area (TPSA) is 145 Å². The highest BCUT2D eigenvalue weighted by Crippen LogP contribution is 2.48. The fraction of sp³-hybridized carbons (Fsp3) is 0.645. The first-order chi connectivity index (χ1) is 19.8. The Morgan fingerprint density at radius 3 is 2.76 bits per heavy atom. The number of ether oxygens (including phenoxy) is 2. The largest absolute Gasteiger partial charge is 0.511 e. The molecule has 10 heteroatoms. The summed E-state index contributed by atoms with van der Waals surface area (Å²) in [6.07, 6.45) is 12.1. The van der Waals surface area contributed by atoms with Crippen LogP contribution in [0.2, 0.25) is 0 Å². The number of likely N-dealkylation sites (N-methyl/N-ethyl adjacent to an activating group) is 1. The third kappa shape index (κ3) is 6.38. The molecular weight excluding hydrogens is 520 g/mol. The van der Waals surface area contributed by atoms with Gasteiger partial charge in [-0.05, 0) is 90.6 Å². The number of carbonyl (C=O) groups is 1. The minimum atomic E-state index is -0.888. The molecular formula is C31H44N6O4. The maximum atomic E-state index is 13.0. The average Bonchev–Trinajstić information content (AvgIpc) is 3.42. The van der Waals surface area contributed by atoms with Crippen molar-refractivity contribution in [1.82, 2.24) is 20.2 Å². The standard InChI is InChI=1S/C31H44N6O4/c1-20(25-10-6-16-37(25)2)41-27-18-24(23(32)12-15-34-21-8-7-17-40-19-21)35-30(36-27)28(33)22-9-5-14-31(29(22)39)13-4-3-11-26(31)38/h12,15,18,20-21,25,32-34,39H,3-11,13-14,16-17,19H2,1-2H3/b15-12-,32-23?,33-28?/t20-,21-,25-,31+/m0/s1. The van der Waals surface area contributed by atoms with E-state index in [1.165, 1.54) is 0 Å². The van der Waals surface area contributed by atoms with Crippen molar-refractivity contribution >= 4 is 17.2 Å². The fourth-order valence-corrected chi connectivity index (χ4v) is 6.84. The zero-order valence-electron chi connectivity index (χ0n) is 24.4. The highest BCUT2D eigenvalue weighted by atomic mass is 16.5. The second-order valence-electron chi connectivity index (χ2n) is 12.0. The van der Waals surface area contributed by atoms with E-state index in [0.717, 1.165) is 58.1 Å². The van der Waals surface area contributed by atoms with E-state index in [2.05, 4.69) is 27.2 Å². The van der Waals surface area contributed by atoms with Gasteiger partial charge in [-0.15, -0.1) is 0 Å². The second-order valence-corrected chi connectivity index (χ2v) is 12.0. The van der Waals surface area contributed by atoms with Gasteiger partial charge in [-0.2, -0.15) is 4.98 Å². The summed E-state index contributed by atoms with van der Waals surface area (Å²) in [6.45, 7) is 4.47. The average molecular weight is 565 g/mol. The lowest BCUT2D eigenvalue weighted by Gasteiger charge is -2.39. The number of ketones is 1. The molecule has 222 valence electrons. The van der Waals surface area contributed by atoms with E-state index < -0.39 is 5.41 Å². The van der Waals surface area contributed by atoms with Crippen LogP contribution in [0.1, 0.15) is 89.1 Å². The number of nitrogens with zero attached hydrogens (tertiary/aromatic N) is 3. The number of rotatable bonds is 9. The quantitative estimate of drug-likeness (QED) is 0.321. The summed E-state index contributed by atoms with van der Waals surface area (Å²) >= 11 is 0. The van der Waals surface area contributed by atoms with E-state index >= 15 is 0 Å². The van der Waals surface area contributed by atoms with Crippen LogP contribution in [-0.2, 0) is 9.53 Å². The van der Waals surface area contributed by atoms with E-state index in [0.29, 0.717) is 49.4 Å². The van der Waals surface area contributed by atoms with Crippen molar-refractivity contribution in [2.45, 2.75) is 95.7 Å². The van der Waals surface area contributed by atoms with Crippen LogP contribution in [-0.4, -0.2) is 82.2 Å². The summed E-state index contributed by atoms with van der Waals surface area (Å²) in [5.74, 6) is 0.485. The third-order valence-electron chi connectivity index (χ3n) is 9.23. The van der Waals surface area contributed by atoms with Crippen molar-refractivity contribution in [1.29, 1.82) is 10.8 Å². The van der Waals surface area contributed by atoms with Gasteiger partial charge < -0.3 is 19.9 Å². The molecule has 4 atom stereocenters. The summed E-state index contributed by atoms with van der Waals surface area (Å²) in [4.78, 5) is 24.5. The van der Waals surface area contributed by atoms with Crippen molar-refractivity contribution < 1.29 is 19.4 Å². The van der Waals surface area contributed by atoms with Crippen LogP contribution in [0.5, 0.6) is 5.88 Å². The van der Waals surface area contributed by atoms with E-state index in [-0.39, 0.29) is 47.0 Å². The Bertz CT molecular complexity index is 1220. The van der Waals surface area contributed by atoms with Crippen LogP contribution in [0, 0.1) is 16.2 Å². The number of aromatic nitrogens is 2. The summed E-state index contributed by atoms with van der Waals surface area (Å²) < 4.78 is 11.8. The fourth-order valence-electron chi connectivity index (χ4n) is 6.84. The van der Waals surface area contributed by atoms with Gasteiger partial charge >= 0.3 is 0 Å². The second kappa shape index (κ2) is 12.8. The zero-order chi connectivity index (χ0) is 29.0. The van der Waals surface area contributed by atoms with Gasteiger partial charge in [0.15, 0.2) is 5.82 Å². The van der Waals surface area contributed by atoms with Crippen LogP contribution < -0.4 is 10.1 Å². The summed E-state index contributed by atoms with van der Waals surface area (Å²) in [6, 6.07) is 2.11. The first-order valence-electron chi connectivity index (χ1n) is 15.2. The molecule has 1 aromatic heterocycles. The summed E-state index contributed by atoms with van der Waals surface area (Å²) in [5.41, 5.74) is 0.0207. The molecule has 2 aliphatic carbocycles. The summed E-state index contributed by atoms with van der Waals surface area (Å²) in [5, 5.41) is 32.5. The first-order valence-corrected chi connectivity index (χ1v) is 15.2. The number of hydrogen-bond donors (Lipinski definition) is 4. The molecule has 3 fully saturated rings. The highest BCUT2D eigenvalue weighted by Gasteiger charge is 2.47. The number of aliphatic hydroxyl groups is 1. The van der Waals surface area contributed by atoms with Crippen molar-refractivity contribution in [2.24, 2.45) is 5.41 Å². The van der Waals surface area contributed by atoms with Crippen LogP contribution in [0.3, 0.4) is 0 Å². The molecule has 0 amide bonds. The molecule has 1 saturated carbocycles. The van der Waals surface area contributed by atoms with Gasteiger partial charge in [-0.25, -0.2) is 4.98 Å². The number of aliphatic hydroxyl groups excluding tert-OH is 1. The third-order valence-corrected chi connectivity index (χ3v) is 9.23. The molecule has 0 radical (unpaired) electrons. The van der Waals surface area contributed by atoms with Gasteiger partial charge in [-0.3, -0.25) is 20.5 Å². The number of Topliss-reactive ketones (excluding diaryl/α,β-unsaturated/α-hetero) is 1. The number of carbonyl (C=O) groups excluding carboxylic acids is 1. The molecule has 41 heavy (non-hydrogen) atoms. The minimum absolute atomic E-state index is 0.00783. The Labute approximate surface area is 242 Å². The molecule has 10 nitrogen and oxygen atoms in total. The first kappa shape index (κ1) is 29.4. The van der Waals surface area contributed by atoms with Gasteiger partial charge in [0.2, 0.25) is 5.88 Å². The lowest BCUT2D eigenvalue weighted by molar-refractivity contribution is -0.131. The predicted molar refractivity (Wildman–Crippen MR) is 157 cm³/mol. The number of likely N-dealkylation sites (tertiary alicyclic amines) is 1. The minimum Gasteiger partial charge on any atom is -0.511 e. The molecule has 5 rings (SSSR count). The van der Waals surface area contributed by atoms with Gasteiger partial charge in [0.05, 0.1) is 23.4 Å². The number of nitrogens with one attached hydrogen (secondary N) is 3. The van der Waals surface area contributed by atoms with E-state index in [1.807, 2.05) is 6.92 Å². The molecule has 0 bridgehead atoms. The van der Waals surface area contributed by atoms with Gasteiger partial charge in [-0.1, -0.05) is 6.42 Å². The maximum Gasteiger partial charge on any atom is 0.217 e. The monoisotopic (exact) mass is 564 g/mol. The molecule has 2 aliphatic heterocycles. The van der Waals surface area contributed by atoms with Gasteiger partial charge in [0.25, 0.3) is 0 Å². The van der Waals surface area contributed by atoms with Crippen LogP contribution in [0.15, 0.2) is 29.7 Å². The molecule has 1 spiro atoms. The van der Waals surface area contributed by atoms with Gasteiger partial charge in [0.1, 0.15) is 23.4 Å². The zero-order valence-corrected chi connectivity index (χ0v) is 24.4. The van der Waals surface area contributed by atoms with Crippen LogP contribution >= 0.6 is 0 Å². The van der Waals surface area contributed by atoms with E-state index in [1.54, 1.807) is 18.3 Å². The van der Waals surface area contributed by atoms with Crippen molar-refractivity contribution in [3.8, 4) is 5.88 Å². The van der Waals surface area contributed by atoms with E-state index in [9.17, 15) is 9.90 Å². The summed E-state index contributed by atoms with van der Waals surface area (Å²) in [7, 11) is 2.09. The Morgan fingerprint density at radius 2 is 2.02 bits per heavy atom. The molecule has 4 aliphatic rings. The van der Waals surface area contributed by atoms with Crippen LogP contribution in [0.4, 0.5) is 0 Å². The van der Waals surface area contributed by atoms with E-state index in [4.69, 9.17) is 20.3 Å². The smallest absolute Gasteiger partial charge is 0.217 e. The molecule has 1 aromatic rings. The molecule has 4 N–H and O–H groups in total. The Morgan fingerprint density at radius 1 is 1.20 bits per heavy atom. The Balaban J connectivity index is 1.43. The Hall–Kier alpha value is -3.11. The molecule has 3 heterocycles. The number of allylic oxidation sites excluding steroid dienone is 3. The lowest BCUT2D eigenvalue weighted by Crippen LogP contribution is -2.39. The highest BCUT2D eigenvalue weighted by molar-refractivity contribution is 6.11. The lowest BCUT2D eigenvalue weighted by atomic mass is 9.64. The SMILES string of the molecule is C[C@H](Oc1cc(C(=N)/C=C\N[C@H]2CCCOC2)nc(C(=N)C2=C(O)[C@]3(CCCCC3=O)CCC2)n1)[C@@H]1CCCN1C. The Kier molecular flexibility index (Phi) is 9.19. The molecule has 0 aromatic carbocycles. The predicted octanol–water partition coefficient (Wildman–Crippen LogP) is 4.48. The van der Waals surface area contributed by atoms with Crippen molar-refractivity contribution in [2.75, 3.05) is 26.8 Å². The maximum absolute atomic E-state index is 13.0. The van der Waals surface area contributed by atoms with Crippen molar-refractivity contribution in [3.05, 3.63) is 41.2 Å². The van der Waals surface area contributed by atoms with Crippen molar-refractivity contribution in [3.63, 3.8) is 0 Å². The molecule has 0 unspecified atom stereocenters. The van der Waals surface area contributed by atoms with Crippen LogP contribution in [0.25, 0.3) is 0 Å².